The van der Waals surface area contributed by atoms with Crippen molar-refractivity contribution in [1.29, 1.82) is 0 Å². The van der Waals surface area contributed by atoms with E-state index in [-0.39, 0.29) is 5.91 Å². The van der Waals surface area contributed by atoms with Crippen LogP contribution in [0.25, 0.3) is 16.9 Å². The van der Waals surface area contributed by atoms with Gasteiger partial charge in [-0.15, -0.1) is 0 Å². The lowest BCUT2D eigenvalue weighted by atomic mass is 10.0. The number of amides is 1. The SMILES string of the molecule is CCCN(CCC)C(=O)c1cc(-c2ccc(C)c(C)c2)nn1-c1ccccc1. The van der Waals surface area contributed by atoms with E-state index in [1.165, 1.54) is 11.1 Å². The van der Waals surface area contributed by atoms with E-state index in [1.54, 1.807) is 4.68 Å². The molecule has 28 heavy (non-hydrogen) atoms. The number of aryl methyl sites for hydroxylation is 2. The molecular formula is C24H29N3O. The monoisotopic (exact) mass is 375 g/mol. The molecule has 1 aromatic heterocycles. The fraction of sp³-hybridized carbons (Fsp3) is 0.333. The van der Waals surface area contributed by atoms with Crippen molar-refractivity contribution in [2.75, 3.05) is 13.1 Å². The van der Waals surface area contributed by atoms with Crippen molar-refractivity contribution in [3.63, 3.8) is 0 Å². The van der Waals surface area contributed by atoms with Gasteiger partial charge in [-0.1, -0.05) is 44.2 Å². The summed E-state index contributed by atoms with van der Waals surface area (Å²) in [7, 11) is 0. The van der Waals surface area contributed by atoms with Crippen LogP contribution in [0.5, 0.6) is 0 Å². The van der Waals surface area contributed by atoms with Crippen LogP contribution in [0.3, 0.4) is 0 Å². The molecule has 3 aromatic rings. The van der Waals surface area contributed by atoms with Gasteiger partial charge in [0.15, 0.2) is 0 Å². The Labute approximate surface area is 167 Å². The van der Waals surface area contributed by atoms with Crippen molar-refractivity contribution < 1.29 is 4.79 Å². The van der Waals surface area contributed by atoms with E-state index in [9.17, 15) is 4.79 Å². The summed E-state index contributed by atoms with van der Waals surface area (Å²) < 4.78 is 1.78. The van der Waals surface area contributed by atoms with Gasteiger partial charge in [-0.2, -0.15) is 5.10 Å². The molecule has 0 saturated carbocycles. The standard InChI is InChI=1S/C24H29N3O/c1-5-14-26(15-6-2)24(28)23-17-22(20-13-12-18(3)19(4)16-20)25-27(23)21-10-8-7-9-11-21/h7-13,16-17H,5-6,14-15H2,1-4H3. The summed E-state index contributed by atoms with van der Waals surface area (Å²) in [4.78, 5) is 15.3. The molecule has 0 N–H and O–H groups in total. The van der Waals surface area contributed by atoms with E-state index in [2.05, 4.69) is 45.9 Å². The van der Waals surface area contributed by atoms with Gasteiger partial charge in [-0.3, -0.25) is 4.79 Å². The first-order valence-electron chi connectivity index (χ1n) is 10.1. The van der Waals surface area contributed by atoms with Crippen LogP contribution >= 0.6 is 0 Å². The van der Waals surface area contributed by atoms with E-state index < -0.39 is 0 Å². The number of rotatable bonds is 7. The number of para-hydroxylation sites is 1. The average Bonchev–Trinajstić information content (AvgIpc) is 3.15. The Morgan fingerprint density at radius 1 is 0.929 bits per heavy atom. The van der Waals surface area contributed by atoms with Crippen LogP contribution in [0.2, 0.25) is 0 Å². The predicted molar refractivity (Wildman–Crippen MR) is 115 cm³/mol. The zero-order chi connectivity index (χ0) is 20.1. The molecule has 0 saturated heterocycles. The van der Waals surface area contributed by atoms with Gasteiger partial charge >= 0.3 is 0 Å². The molecule has 2 aromatic carbocycles. The van der Waals surface area contributed by atoms with Crippen LogP contribution < -0.4 is 0 Å². The molecule has 0 spiro atoms. The zero-order valence-corrected chi connectivity index (χ0v) is 17.3. The Morgan fingerprint density at radius 2 is 1.61 bits per heavy atom. The highest BCUT2D eigenvalue weighted by Crippen LogP contribution is 2.25. The molecule has 1 amide bonds. The van der Waals surface area contributed by atoms with Gasteiger partial charge in [0.2, 0.25) is 0 Å². The maximum Gasteiger partial charge on any atom is 0.272 e. The summed E-state index contributed by atoms with van der Waals surface area (Å²) in [6.45, 7) is 9.92. The minimum absolute atomic E-state index is 0.0372. The first kappa shape index (κ1) is 19.9. The quantitative estimate of drug-likeness (QED) is 0.553. The molecule has 0 aliphatic heterocycles. The number of hydrogen-bond acceptors (Lipinski definition) is 2. The molecule has 0 aliphatic carbocycles. The van der Waals surface area contributed by atoms with Gasteiger partial charge in [0.25, 0.3) is 5.91 Å². The lowest BCUT2D eigenvalue weighted by Gasteiger charge is -2.21. The molecule has 0 radical (unpaired) electrons. The maximum atomic E-state index is 13.3. The summed E-state index contributed by atoms with van der Waals surface area (Å²) >= 11 is 0. The summed E-state index contributed by atoms with van der Waals surface area (Å²) in [5.41, 5.74) is 5.83. The van der Waals surface area contributed by atoms with Crippen LogP contribution in [0, 0.1) is 13.8 Å². The van der Waals surface area contributed by atoms with E-state index in [0.29, 0.717) is 5.69 Å². The van der Waals surface area contributed by atoms with Crippen LogP contribution in [-0.2, 0) is 0 Å². The average molecular weight is 376 g/mol. The highest BCUT2D eigenvalue weighted by molar-refractivity contribution is 5.94. The number of nitrogens with zero attached hydrogens (tertiary/aromatic N) is 3. The lowest BCUT2D eigenvalue weighted by molar-refractivity contribution is 0.0746. The topological polar surface area (TPSA) is 38.1 Å². The fourth-order valence-corrected chi connectivity index (χ4v) is 3.36. The Morgan fingerprint density at radius 3 is 2.21 bits per heavy atom. The number of hydrogen-bond donors (Lipinski definition) is 0. The second-order valence-corrected chi connectivity index (χ2v) is 7.25. The Bertz CT molecular complexity index is 938. The van der Waals surface area contributed by atoms with Gasteiger partial charge in [-0.05, 0) is 62.1 Å². The molecule has 146 valence electrons. The molecule has 0 atom stereocenters. The minimum atomic E-state index is 0.0372. The summed E-state index contributed by atoms with van der Waals surface area (Å²) in [5.74, 6) is 0.0372. The number of carbonyl (C=O) groups excluding carboxylic acids is 1. The third-order valence-electron chi connectivity index (χ3n) is 5.01. The number of aromatic nitrogens is 2. The van der Waals surface area contributed by atoms with Crippen molar-refractivity contribution in [2.45, 2.75) is 40.5 Å². The molecule has 3 rings (SSSR count). The summed E-state index contributed by atoms with van der Waals surface area (Å²) in [6.07, 6.45) is 1.88. The molecule has 4 heteroatoms. The van der Waals surface area contributed by atoms with E-state index in [4.69, 9.17) is 5.10 Å². The molecule has 4 nitrogen and oxygen atoms in total. The first-order valence-corrected chi connectivity index (χ1v) is 10.1. The molecule has 0 bridgehead atoms. The predicted octanol–water partition coefficient (Wildman–Crippen LogP) is 5.42. The van der Waals surface area contributed by atoms with Gasteiger partial charge in [0.1, 0.15) is 5.69 Å². The zero-order valence-electron chi connectivity index (χ0n) is 17.3. The number of carbonyl (C=O) groups is 1. The first-order chi connectivity index (χ1) is 13.5. The van der Waals surface area contributed by atoms with E-state index >= 15 is 0 Å². The maximum absolute atomic E-state index is 13.3. The summed E-state index contributed by atoms with van der Waals surface area (Å²) in [5, 5.41) is 4.81. The Kier molecular flexibility index (Phi) is 6.30. The lowest BCUT2D eigenvalue weighted by Crippen LogP contribution is -2.33. The van der Waals surface area contributed by atoms with Gasteiger partial charge in [0, 0.05) is 18.7 Å². The van der Waals surface area contributed by atoms with Gasteiger partial charge in [-0.25, -0.2) is 4.68 Å². The Balaban J connectivity index is 2.10. The minimum Gasteiger partial charge on any atom is -0.337 e. The fourth-order valence-electron chi connectivity index (χ4n) is 3.36. The smallest absolute Gasteiger partial charge is 0.272 e. The second-order valence-electron chi connectivity index (χ2n) is 7.25. The normalized spacial score (nSPS) is 10.9. The third-order valence-corrected chi connectivity index (χ3v) is 5.01. The van der Waals surface area contributed by atoms with Crippen molar-refractivity contribution >= 4 is 5.91 Å². The number of benzene rings is 2. The van der Waals surface area contributed by atoms with Crippen LogP contribution in [-0.4, -0.2) is 33.7 Å². The van der Waals surface area contributed by atoms with Crippen LogP contribution in [0.1, 0.15) is 48.3 Å². The highest BCUT2D eigenvalue weighted by atomic mass is 16.2. The van der Waals surface area contributed by atoms with E-state index in [1.807, 2.05) is 41.3 Å². The molecule has 1 heterocycles. The molecule has 0 aliphatic rings. The highest BCUT2D eigenvalue weighted by Gasteiger charge is 2.22. The molecule has 0 unspecified atom stereocenters. The van der Waals surface area contributed by atoms with Crippen molar-refractivity contribution in [2.24, 2.45) is 0 Å². The van der Waals surface area contributed by atoms with Crippen LogP contribution in [0.4, 0.5) is 0 Å². The Hall–Kier alpha value is -2.88. The van der Waals surface area contributed by atoms with Crippen LogP contribution in [0.15, 0.2) is 54.6 Å². The van der Waals surface area contributed by atoms with E-state index in [0.717, 1.165) is 42.9 Å². The second kappa shape index (κ2) is 8.87. The van der Waals surface area contributed by atoms with Gasteiger partial charge < -0.3 is 4.90 Å². The third kappa shape index (κ3) is 4.16. The van der Waals surface area contributed by atoms with Crippen molar-refractivity contribution in [3.8, 4) is 16.9 Å². The van der Waals surface area contributed by atoms with Crippen molar-refractivity contribution in [1.82, 2.24) is 14.7 Å². The largest absolute Gasteiger partial charge is 0.337 e. The molecular weight excluding hydrogens is 346 g/mol. The van der Waals surface area contributed by atoms with Gasteiger partial charge in [0.05, 0.1) is 11.4 Å². The summed E-state index contributed by atoms with van der Waals surface area (Å²) in [6, 6.07) is 18.1. The molecule has 0 fully saturated rings. The van der Waals surface area contributed by atoms with Crippen molar-refractivity contribution in [3.05, 3.63) is 71.4 Å².